The van der Waals surface area contributed by atoms with Crippen molar-refractivity contribution in [2.45, 2.75) is 63.4 Å². The maximum Gasteiger partial charge on any atom is 0.248 e. The molecular weight excluding hydrogens is 510 g/mol. The number of benzene rings is 2. The summed E-state index contributed by atoms with van der Waals surface area (Å²) < 4.78 is 23.3. The number of piperidine rings is 2. The molecule has 0 aromatic heterocycles. The predicted octanol–water partition coefficient (Wildman–Crippen LogP) is 3.91. The number of amides is 1. The van der Waals surface area contributed by atoms with Crippen LogP contribution in [-0.2, 0) is 25.6 Å². The number of carbonyl (C=O) groups is 1. The third kappa shape index (κ3) is 8.10. The van der Waals surface area contributed by atoms with Gasteiger partial charge in [-0.3, -0.25) is 4.79 Å². The highest BCUT2D eigenvalue weighted by Gasteiger charge is 2.37. The number of nitrogens with one attached hydrogen (secondary N) is 2. The topological polar surface area (TPSA) is 102 Å². The lowest BCUT2D eigenvalue weighted by molar-refractivity contribution is -0.144. The third-order valence-corrected chi connectivity index (χ3v) is 7.90. The minimum Gasteiger partial charge on any atom is -0.506 e. The highest BCUT2D eigenvalue weighted by Crippen LogP contribution is 2.33. The molecule has 2 unspecified atom stereocenters. The van der Waals surface area contributed by atoms with Gasteiger partial charge in [-0.25, -0.2) is 0 Å². The van der Waals surface area contributed by atoms with Crippen molar-refractivity contribution in [3.63, 3.8) is 0 Å². The van der Waals surface area contributed by atoms with Crippen molar-refractivity contribution in [1.29, 1.82) is 0 Å². The lowest BCUT2D eigenvalue weighted by Gasteiger charge is -2.39. The van der Waals surface area contributed by atoms with Gasteiger partial charge in [0.1, 0.15) is 18.1 Å². The highest BCUT2D eigenvalue weighted by atomic mass is 16.5. The molecule has 4 rings (SSSR count). The van der Waals surface area contributed by atoms with E-state index in [4.69, 9.17) is 18.9 Å². The normalized spacial score (nSPS) is 23.1. The summed E-state index contributed by atoms with van der Waals surface area (Å²) in [7, 11) is 3.33. The lowest BCUT2D eigenvalue weighted by Crippen LogP contribution is -2.52. The summed E-state index contributed by atoms with van der Waals surface area (Å²) in [6.07, 6.45) is 3.70. The summed E-state index contributed by atoms with van der Waals surface area (Å²) in [6.45, 7) is 6.01. The molecule has 0 radical (unpaired) electrons. The summed E-state index contributed by atoms with van der Waals surface area (Å²) in [5.74, 6) is 0.982. The van der Waals surface area contributed by atoms with Crippen molar-refractivity contribution in [3.8, 4) is 11.5 Å². The van der Waals surface area contributed by atoms with Crippen molar-refractivity contribution in [3.05, 3.63) is 53.6 Å². The molecule has 9 nitrogen and oxygen atoms in total. The molecule has 2 aromatic carbocycles. The number of methoxy groups -OCH3 is 2. The summed E-state index contributed by atoms with van der Waals surface area (Å²) in [5, 5.41) is 17.0. The molecule has 3 N–H and O–H groups in total. The molecule has 2 saturated heterocycles. The van der Waals surface area contributed by atoms with Gasteiger partial charge in [0.25, 0.3) is 0 Å². The molecule has 2 aliphatic rings. The number of hydrogen-bond donors (Lipinski definition) is 3. The second kappa shape index (κ2) is 15.2. The van der Waals surface area contributed by atoms with E-state index in [0.717, 1.165) is 42.7 Å². The van der Waals surface area contributed by atoms with Crippen LogP contribution < -0.4 is 15.4 Å². The summed E-state index contributed by atoms with van der Waals surface area (Å²) in [6, 6.07) is 13.8. The van der Waals surface area contributed by atoms with Crippen molar-refractivity contribution in [1.82, 2.24) is 10.2 Å². The second-order valence-corrected chi connectivity index (χ2v) is 10.7. The minimum absolute atomic E-state index is 0.0540. The van der Waals surface area contributed by atoms with Crippen LogP contribution in [0.4, 0.5) is 5.69 Å². The minimum atomic E-state index is -0.228. The Balaban J connectivity index is 1.45. The second-order valence-electron chi connectivity index (χ2n) is 10.7. The van der Waals surface area contributed by atoms with Crippen molar-refractivity contribution >= 4 is 11.6 Å². The molecule has 40 heavy (non-hydrogen) atoms. The van der Waals surface area contributed by atoms with Crippen LogP contribution in [-0.4, -0.2) is 87.8 Å². The lowest BCUT2D eigenvalue weighted by atomic mass is 9.85. The monoisotopic (exact) mass is 555 g/mol. The van der Waals surface area contributed by atoms with Crippen LogP contribution in [0.15, 0.2) is 42.5 Å². The number of rotatable bonds is 13. The van der Waals surface area contributed by atoms with E-state index < -0.39 is 0 Å². The zero-order chi connectivity index (χ0) is 28.3. The number of phenolic OH excluding ortho intramolecular Hbond substituents is 1. The van der Waals surface area contributed by atoms with Crippen molar-refractivity contribution in [2.24, 2.45) is 0 Å². The number of ether oxygens (including phenoxy) is 4. The molecule has 0 saturated carbocycles. The van der Waals surface area contributed by atoms with Gasteiger partial charge >= 0.3 is 0 Å². The molecule has 0 spiro atoms. The Bertz CT molecular complexity index is 1070. The van der Waals surface area contributed by atoms with Gasteiger partial charge in [0.05, 0.1) is 31.6 Å². The van der Waals surface area contributed by atoms with Crippen LogP contribution >= 0.6 is 0 Å². The molecule has 9 heteroatoms. The number of phenols is 1. The molecule has 2 heterocycles. The average molecular weight is 556 g/mol. The Labute approximate surface area is 238 Å². The third-order valence-electron chi connectivity index (χ3n) is 7.90. The van der Waals surface area contributed by atoms with Crippen LogP contribution in [0.1, 0.15) is 49.7 Å². The van der Waals surface area contributed by atoms with E-state index in [-0.39, 0.29) is 42.4 Å². The van der Waals surface area contributed by atoms with Gasteiger partial charge in [-0.1, -0.05) is 18.2 Å². The number of anilines is 1. The fourth-order valence-corrected chi connectivity index (χ4v) is 5.63. The number of aromatic hydroxyl groups is 1. The first-order valence-corrected chi connectivity index (χ1v) is 14.4. The molecular formula is C31H45N3O6. The first-order valence-electron chi connectivity index (χ1n) is 14.4. The first kappa shape index (κ1) is 30.1. The summed E-state index contributed by atoms with van der Waals surface area (Å²) >= 11 is 0. The Kier molecular flexibility index (Phi) is 11.5. The van der Waals surface area contributed by atoms with E-state index in [1.54, 1.807) is 20.3 Å². The van der Waals surface area contributed by atoms with Gasteiger partial charge in [0, 0.05) is 51.9 Å². The maximum atomic E-state index is 13.0. The fraction of sp³-hybridized carbons (Fsp3) is 0.581. The van der Waals surface area contributed by atoms with Gasteiger partial charge < -0.3 is 39.6 Å². The van der Waals surface area contributed by atoms with Crippen LogP contribution in [0.25, 0.3) is 0 Å². The molecule has 2 aliphatic heterocycles. The van der Waals surface area contributed by atoms with Crippen molar-refractivity contribution < 1.29 is 28.8 Å². The van der Waals surface area contributed by atoms with E-state index >= 15 is 0 Å². The predicted molar refractivity (Wildman–Crippen MR) is 155 cm³/mol. The molecule has 220 valence electrons. The van der Waals surface area contributed by atoms with E-state index in [2.05, 4.69) is 29.7 Å². The molecule has 0 aliphatic carbocycles. The number of likely N-dealkylation sites (tertiary alicyclic amines) is 1. The standard InChI is InChI=1S/C31H45N3O6/c1-22-7-4-5-15-34(22)30(36)21-40-29-19-32-18-28(31(29)24-9-11-25(38-3)12-10-24)39-20-23-8-13-27(35)26(17-23)33-14-6-16-37-2/h8-13,17,22,28-29,31-33,35H,4-7,14-16,18-21H2,1-3H3/t22?,28-,29+,31?/m0/s1. The number of carbonyl (C=O) groups excluding carboxylic acids is 1. The van der Waals surface area contributed by atoms with Gasteiger partial charge in [-0.05, 0) is 68.0 Å². The molecule has 2 aromatic rings. The van der Waals surface area contributed by atoms with E-state index in [1.165, 1.54) is 6.42 Å². The Hall–Kier alpha value is -2.85. The van der Waals surface area contributed by atoms with Crippen LogP contribution in [0, 0.1) is 0 Å². The fourth-order valence-electron chi connectivity index (χ4n) is 5.63. The van der Waals surface area contributed by atoms with Gasteiger partial charge in [-0.2, -0.15) is 0 Å². The Morgan fingerprint density at radius 2 is 1.85 bits per heavy atom. The Morgan fingerprint density at radius 3 is 2.58 bits per heavy atom. The zero-order valence-corrected chi connectivity index (χ0v) is 24.1. The largest absolute Gasteiger partial charge is 0.506 e. The van der Waals surface area contributed by atoms with Crippen LogP contribution in [0.3, 0.4) is 0 Å². The van der Waals surface area contributed by atoms with Crippen LogP contribution in [0.5, 0.6) is 11.5 Å². The number of hydrogen-bond acceptors (Lipinski definition) is 8. The van der Waals surface area contributed by atoms with Gasteiger partial charge in [0.15, 0.2) is 0 Å². The quantitative estimate of drug-likeness (QED) is 0.253. The molecule has 4 atom stereocenters. The molecule has 2 fully saturated rings. The average Bonchev–Trinajstić information content (AvgIpc) is 2.98. The van der Waals surface area contributed by atoms with E-state index in [0.29, 0.717) is 38.5 Å². The summed E-state index contributed by atoms with van der Waals surface area (Å²) in [5.41, 5.74) is 2.72. The Morgan fingerprint density at radius 1 is 1.07 bits per heavy atom. The maximum absolute atomic E-state index is 13.0. The van der Waals surface area contributed by atoms with Gasteiger partial charge in [-0.15, -0.1) is 0 Å². The molecule has 1 amide bonds. The van der Waals surface area contributed by atoms with E-state index in [9.17, 15) is 9.90 Å². The SMILES string of the molecule is COCCCNc1cc(CO[C@H]2CNC[C@@H](OCC(=O)N3CCCCC3C)C2c2ccc(OC)cc2)ccc1O. The van der Waals surface area contributed by atoms with Gasteiger partial charge in [0.2, 0.25) is 5.91 Å². The van der Waals surface area contributed by atoms with Crippen molar-refractivity contribution in [2.75, 3.05) is 58.9 Å². The summed E-state index contributed by atoms with van der Waals surface area (Å²) in [4.78, 5) is 15.0. The highest BCUT2D eigenvalue weighted by molar-refractivity contribution is 5.77. The van der Waals surface area contributed by atoms with Crippen LogP contribution in [0.2, 0.25) is 0 Å². The van der Waals surface area contributed by atoms with E-state index in [1.807, 2.05) is 29.2 Å². The molecule has 0 bridgehead atoms. The zero-order valence-electron chi connectivity index (χ0n) is 24.1. The first-order chi connectivity index (χ1) is 19.5. The number of nitrogens with zero attached hydrogens (tertiary/aromatic N) is 1. The smallest absolute Gasteiger partial charge is 0.248 e.